The van der Waals surface area contributed by atoms with Gasteiger partial charge in [-0.15, -0.1) is 0 Å². The van der Waals surface area contributed by atoms with Crippen LogP contribution in [0.4, 0.5) is 5.82 Å². The van der Waals surface area contributed by atoms with Gasteiger partial charge in [0.15, 0.2) is 0 Å². The second kappa shape index (κ2) is 7.04. The number of halogens is 1. The largest absolute Gasteiger partial charge is 0.310 e. The Kier molecular flexibility index (Phi) is 5.46. The van der Waals surface area contributed by atoms with Crippen LogP contribution in [0.5, 0.6) is 0 Å². The number of rotatable bonds is 5. The van der Waals surface area contributed by atoms with E-state index in [-0.39, 0.29) is 11.4 Å². The molecule has 0 fully saturated rings. The number of carbonyl (C=O) groups excluding carboxylic acids is 1. The SMILES string of the molecule is Cc1nn(C)c(NC(=O)CN(C)S(=O)(=O)c2ccc(Br)cc2)c1C. The molecule has 0 radical (unpaired) electrons. The van der Waals surface area contributed by atoms with E-state index in [1.54, 1.807) is 23.9 Å². The zero-order valence-corrected chi connectivity index (χ0v) is 16.3. The van der Waals surface area contributed by atoms with E-state index >= 15 is 0 Å². The normalized spacial score (nSPS) is 11.8. The summed E-state index contributed by atoms with van der Waals surface area (Å²) in [4.78, 5) is 12.3. The minimum atomic E-state index is -3.73. The Labute approximate surface area is 149 Å². The Morgan fingerprint density at radius 1 is 1.29 bits per heavy atom. The molecule has 2 aromatic rings. The number of hydrogen-bond acceptors (Lipinski definition) is 4. The summed E-state index contributed by atoms with van der Waals surface area (Å²) in [5.74, 6) is 0.135. The van der Waals surface area contributed by atoms with Crippen molar-refractivity contribution < 1.29 is 13.2 Å². The number of likely N-dealkylation sites (N-methyl/N-ethyl adjacent to an activating group) is 1. The fourth-order valence-corrected chi connectivity index (χ4v) is 3.58. The second-order valence-corrected chi connectivity index (χ2v) is 8.41. The van der Waals surface area contributed by atoms with Gasteiger partial charge in [-0.1, -0.05) is 15.9 Å². The van der Waals surface area contributed by atoms with Gasteiger partial charge in [0.2, 0.25) is 15.9 Å². The number of amides is 1. The first-order chi connectivity index (χ1) is 11.1. The predicted octanol–water partition coefficient (Wildman–Crippen LogP) is 2.06. The molecule has 0 saturated carbocycles. The molecule has 7 nitrogen and oxygen atoms in total. The number of nitrogens with zero attached hydrogens (tertiary/aromatic N) is 3. The molecule has 0 aliphatic heterocycles. The number of aromatic nitrogens is 2. The Hall–Kier alpha value is -1.71. The van der Waals surface area contributed by atoms with Crippen molar-refractivity contribution in [2.24, 2.45) is 7.05 Å². The van der Waals surface area contributed by atoms with Crippen LogP contribution in [0, 0.1) is 13.8 Å². The number of hydrogen-bond donors (Lipinski definition) is 1. The Morgan fingerprint density at radius 2 is 1.88 bits per heavy atom. The minimum Gasteiger partial charge on any atom is -0.310 e. The van der Waals surface area contributed by atoms with Gasteiger partial charge >= 0.3 is 0 Å². The number of aryl methyl sites for hydroxylation is 2. The van der Waals surface area contributed by atoms with E-state index in [0.717, 1.165) is 20.0 Å². The highest BCUT2D eigenvalue weighted by Gasteiger charge is 2.23. The van der Waals surface area contributed by atoms with E-state index in [1.807, 2.05) is 13.8 Å². The van der Waals surface area contributed by atoms with Crippen LogP contribution < -0.4 is 5.32 Å². The first-order valence-corrected chi connectivity index (χ1v) is 9.38. The topological polar surface area (TPSA) is 84.3 Å². The van der Waals surface area contributed by atoms with Crippen LogP contribution in [-0.2, 0) is 21.9 Å². The molecule has 2 rings (SSSR count). The van der Waals surface area contributed by atoms with E-state index in [2.05, 4.69) is 26.3 Å². The van der Waals surface area contributed by atoms with Crippen molar-refractivity contribution in [3.8, 4) is 0 Å². The lowest BCUT2D eigenvalue weighted by Crippen LogP contribution is -2.35. The highest BCUT2D eigenvalue weighted by atomic mass is 79.9. The third-order valence-corrected chi connectivity index (χ3v) is 6.01. The zero-order valence-electron chi connectivity index (χ0n) is 13.9. The van der Waals surface area contributed by atoms with Gasteiger partial charge in [-0.05, 0) is 38.1 Å². The molecule has 0 unspecified atom stereocenters. The van der Waals surface area contributed by atoms with Gasteiger partial charge in [-0.3, -0.25) is 9.48 Å². The quantitative estimate of drug-likeness (QED) is 0.811. The lowest BCUT2D eigenvalue weighted by atomic mass is 10.3. The van der Waals surface area contributed by atoms with E-state index in [9.17, 15) is 13.2 Å². The van der Waals surface area contributed by atoms with Crippen LogP contribution >= 0.6 is 15.9 Å². The second-order valence-electron chi connectivity index (χ2n) is 5.45. The third-order valence-electron chi connectivity index (χ3n) is 3.67. The van der Waals surface area contributed by atoms with Crippen LogP contribution in [0.25, 0.3) is 0 Å². The average Bonchev–Trinajstić information content (AvgIpc) is 2.74. The monoisotopic (exact) mass is 414 g/mol. The van der Waals surface area contributed by atoms with Gasteiger partial charge in [0.05, 0.1) is 17.1 Å². The molecule has 130 valence electrons. The molecule has 1 N–H and O–H groups in total. The fraction of sp³-hybridized carbons (Fsp3) is 0.333. The standard InChI is InChI=1S/C15H19BrN4O3S/c1-10-11(2)18-20(4)15(10)17-14(21)9-19(3)24(22,23)13-7-5-12(16)6-8-13/h5-8H,9H2,1-4H3,(H,17,21). The summed E-state index contributed by atoms with van der Waals surface area (Å²) in [6.07, 6.45) is 0. The van der Waals surface area contributed by atoms with E-state index in [0.29, 0.717) is 5.82 Å². The number of anilines is 1. The summed E-state index contributed by atoms with van der Waals surface area (Å²) in [5.41, 5.74) is 1.66. The first-order valence-electron chi connectivity index (χ1n) is 7.15. The van der Waals surface area contributed by atoms with Gasteiger partial charge in [-0.2, -0.15) is 9.40 Å². The molecular formula is C15H19BrN4O3S. The molecule has 0 atom stereocenters. The van der Waals surface area contributed by atoms with Gasteiger partial charge in [-0.25, -0.2) is 8.42 Å². The van der Waals surface area contributed by atoms with Crippen LogP contribution in [0.2, 0.25) is 0 Å². The molecule has 0 aliphatic rings. The lowest BCUT2D eigenvalue weighted by Gasteiger charge is -2.17. The molecule has 1 aromatic carbocycles. The number of nitrogens with one attached hydrogen (secondary N) is 1. The van der Waals surface area contributed by atoms with Crippen molar-refractivity contribution in [1.82, 2.24) is 14.1 Å². The molecule has 0 aliphatic carbocycles. The number of carbonyl (C=O) groups is 1. The van der Waals surface area contributed by atoms with Crippen LogP contribution in [0.15, 0.2) is 33.6 Å². The fourth-order valence-electron chi connectivity index (χ4n) is 2.18. The third kappa shape index (κ3) is 3.85. The van der Waals surface area contributed by atoms with Crippen LogP contribution in [0.3, 0.4) is 0 Å². The van der Waals surface area contributed by atoms with Crippen molar-refractivity contribution in [3.05, 3.63) is 40.0 Å². The summed E-state index contributed by atoms with van der Waals surface area (Å²) < 4.78 is 28.3. The molecule has 0 spiro atoms. The van der Waals surface area contributed by atoms with Gasteiger partial charge < -0.3 is 5.32 Å². The van der Waals surface area contributed by atoms with Crippen molar-refractivity contribution in [3.63, 3.8) is 0 Å². The molecule has 1 heterocycles. The minimum absolute atomic E-state index is 0.133. The van der Waals surface area contributed by atoms with Crippen molar-refractivity contribution in [2.45, 2.75) is 18.7 Å². The average molecular weight is 415 g/mol. The summed E-state index contributed by atoms with van der Waals surface area (Å²) in [6, 6.07) is 6.26. The Morgan fingerprint density at radius 3 is 2.38 bits per heavy atom. The van der Waals surface area contributed by atoms with Gasteiger partial charge in [0.25, 0.3) is 0 Å². The van der Waals surface area contributed by atoms with Gasteiger partial charge in [0, 0.05) is 24.1 Å². The Balaban J connectivity index is 2.12. The smallest absolute Gasteiger partial charge is 0.243 e. The maximum Gasteiger partial charge on any atom is 0.243 e. The molecule has 9 heteroatoms. The summed E-state index contributed by atoms with van der Waals surface area (Å²) >= 11 is 3.26. The van der Waals surface area contributed by atoms with Crippen LogP contribution in [-0.4, -0.2) is 42.0 Å². The summed E-state index contributed by atoms with van der Waals surface area (Å²) in [5, 5.41) is 6.92. The molecule has 1 amide bonds. The summed E-state index contributed by atoms with van der Waals surface area (Å²) in [7, 11) is -0.635. The maximum absolute atomic E-state index is 12.5. The predicted molar refractivity (Wildman–Crippen MR) is 95.3 cm³/mol. The van der Waals surface area contributed by atoms with Crippen molar-refractivity contribution in [2.75, 3.05) is 18.9 Å². The molecule has 0 bridgehead atoms. The molecule has 24 heavy (non-hydrogen) atoms. The van der Waals surface area contributed by atoms with Gasteiger partial charge in [0.1, 0.15) is 5.82 Å². The molecule has 0 saturated heterocycles. The van der Waals surface area contributed by atoms with Crippen molar-refractivity contribution >= 4 is 37.7 Å². The maximum atomic E-state index is 12.5. The number of sulfonamides is 1. The zero-order chi connectivity index (χ0) is 18.1. The highest BCUT2D eigenvalue weighted by Crippen LogP contribution is 2.19. The van der Waals surface area contributed by atoms with E-state index < -0.39 is 15.9 Å². The number of benzene rings is 1. The molecule has 1 aromatic heterocycles. The lowest BCUT2D eigenvalue weighted by molar-refractivity contribution is -0.116. The van der Waals surface area contributed by atoms with Crippen molar-refractivity contribution in [1.29, 1.82) is 0 Å². The Bertz CT molecular complexity index is 860. The van der Waals surface area contributed by atoms with E-state index in [1.165, 1.54) is 19.2 Å². The molecular weight excluding hydrogens is 396 g/mol. The van der Waals surface area contributed by atoms with Crippen LogP contribution in [0.1, 0.15) is 11.3 Å². The summed E-state index contributed by atoms with van der Waals surface area (Å²) in [6.45, 7) is 3.40. The first kappa shape index (κ1) is 18.6. The highest BCUT2D eigenvalue weighted by molar-refractivity contribution is 9.10. The van der Waals surface area contributed by atoms with E-state index in [4.69, 9.17) is 0 Å².